The molecule has 1 N–H and O–H groups in total. The summed E-state index contributed by atoms with van der Waals surface area (Å²) in [7, 11) is 1.63. The summed E-state index contributed by atoms with van der Waals surface area (Å²) in [6.07, 6.45) is -3.57. The van der Waals surface area contributed by atoms with Crippen molar-refractivity contribution in [2.24, 2.45) is 5.92 Å². The highest BCUT2D eigenvalue weighted by Crippen LogP contribution is 2.29. The fraction of sp³-hybridized carbons (Fsp3) is 0.500. The van der Waals surface area contributed by atoms with Crippen molar-refractivity contribution in [3.8, 4) is 0 Å². The highest BCUT2D eigenvalue weighted by Gasteiger charge is 2.30. The van der Waals surface area contributed by atoms with Crippen LogP contribution < -0.4 is 5.32 Å². The Kier molecular flexibility index (Phi) is 4.32. The first-order chi connectivity index (χ1) is 9.38. The number of hydrogen-bond donors (Lipinski definition) is 1. The second-order valence-corrected chi connectivity index (χ2v) is 5.08. The highest BCUT2D eigenvalue weighted by atomic mass is 19.4. The van der Waals surface area contributed by atoms with E-state index < -0.39 is 11.7 Å². The molecular formula is C14H17F3N2O. The fourth-order valence-corrected chi connectivity index (χ4v) is 2.37. The number of hydrogen-bond acceptors (Lipinski definition) is 2. The third-order valence-electron chi connectivity index (χ3n) is 3.46. The van der Waals surface area contributed by atoms with Crippen LogP contribution in [0, 0.1) is 5.92 Å². The van der Waals surface area contributed by atoms with E-state index in [1.807, 2.05) is 0 Å². The van der Waals surface area contributed by atoms with E-state index in [4.69, 9.17) is 0 Å². The Morgan fingerprint density at radius 3 is 2.80 bits per heavy atom. The molecule has 0 aliphatic carbocycles. The first kappa shape index (κ1) is 14.8. The third-order valence-corrected chi connectivity index (χ3v) is 3.46. The van der Waals surface area contributed by atoms with Gasteiger partial charge in [-0.25, -0.2) is 0 Å². The van der Waals surface area contributed by atoms with Gasteiger partial charge in [-0.05, 0) is 30.7 Å². The lowest BCUT2D eigenvalue weighted by atomic mass is 10.1. The van der Waals surface area contributed by atoms with Crippen molar-refractivity contribution in [2.45, 2.75) is 19.1 Å². The van der Waals surface area contributed by atoms with E-state index in [0.29, 0.717) is 12.1 Å². The molecule has 1 unspecified atom stereocenters. The standard InChI is InChI=1S/C14H17F3N2O/c1-19(13(20)11-5-6-18-8-11)9-10-3-2-4-12(7-10)14(15,16)17/h2-4,7,11,18H,5-6,8-9H2,1H3. The molecule has 1 aliphatic heterocycles. The molecule has 1 heterocycles. The van der Waals surface area contributed by atoms with Gasteiger partial charge < -0.3 is 10.2 Å². The van der Waals surface area contributed by atoms with E-state index in [1.165, 1.54) is 11.0 Å². The average molecular weight is 286 g/mol. The first-order valence-corrected chi connectivity index (χ1v) is 6.50. The minimum absolute atomic E-state index is 0.0209. The lowest BCUT2D eigenvalue weighted by molar-refractivity contribution is -0.137. The number of carbonyl (C=O) groups is 1. The number of rotatable bonds is 3. The number of nitrogens with zero attached hydrogens (tertiary/aromatic N) is 1. The Labute approximate surface area is 115 Å². The molecule has 110 valence electrons. The number of amides is 1. The van der Waals surface area contributed by atoms with Crippen LogP contribution in [0.2, 0.25) is 0 Å². The van der Waals surface area contributed by atoms with Crippen LogP contribution in [0.25, 0.3) is 0 Å². The quantitative estimate of drug-likeness (QED) is 0.924. The molecule has 1 fully saturated rings. The SMILES string of the molecule is CN(Cc1cccc(C(F)(F)F)c1)C(=O)C1CCNC1. The maximum Gasteiger partial charge on any atom is 0.416 e. The van der Waals surface area contributed by atoms with Gasteiger partial charge in [0, 0.05) is 20.1 Å². The molecule has 0 bridgehead atoms. The zero-order valence-corrected chi connectivity index (χ0v) is 11.2. The van der Waals surface area contributed by atoms with Crippen LogP contribution in [0.4, 0.5) is 13.2 Å². The number of halogens is 3. The van der Waals surface area contributed by atoms with Crippen molar-refractivity contribution in [1.29, 1.82) is 0 Å². The number of nitrogens with one attached hydrogen (secondary N) is 1. The first-order valence-electron chi connectivity index (χ1n) is 6.50. The third kappa shape index (κ3) is 3.50. The van der Waals surface area contributed by atoms with Crippen LogP contribution in [0.1, 0.15) is 17.5 Å². The lowest BCUT2D eigenvalue weighted by Crippen LogP contribution is -2.33. The number of benzene rings is 1. The normalized spacial score (nSPS) is 19.1. The minimum Gasteiger partial charge on any atom is -0.341 e. The van der Waals surface area contributed by atoms with Gasteiger partial charge >= 0.3 is 6.18 Å². The summed E-state index contributed by atoms with van der Waals surface area (Å²) in [6.45, 7) is 1.65. The molecule has 0 radical (unpaired) electrons. The predicted octanol–water partition coefficient (Wildman–Crippen LogP) is 2.27. The zero-order chi connectivity index (χ0) is 14.8. The van der Waals surface area contributed by atoms with Crippen LogP contribution in [0.15, 0.2) is 24.3 Å². The topological polar surface area (TPSA) is 32.3 Å². The Morgan fingerprint density at radius 2 is 2.20 bits per heavy atom. The summed E-state index contributed by atoms with van der Waals surface area (Å²) >= 11 is 0. The molecule has 0 saturated carbocycles. The van der Waals surface area contributed by atoms with E-state index >= 15 is 0 Å². The van der Waals surface area contributed by atoms with Crippen molar-refractivity contribution in [3.63, 3.8) is 0 Å². The van der Waals surface area contributed by atoms with Gasteiger partial charge in [0.15, 0.2) is 0 Å². The van der Waals surface area contributed by atoms with Gasteiger partial charge in [-0.2, -0.15) is 13.2 Å². The predicted molar refractivity (Wildman–Crippen MR) is 68.9 cm³/mol. The average Bonchev–Trinajstić information content (AvgIpc) is 2.91. The van der Waals surface area contributed by atoms with E-state index in [9.17, 15) is 18.0 Å². The molecule has 6 heteroatoms. The molecule has 0 spiro atoms. The molecule has 1 aliphatic rings. The van der Waals surface area contributed by atoms with Gasteiger partial charge in [0.1, 0.15) is 0 Å². The Bertz CT molecular complexity index is 482. The minimum atomic E-state index is -4.35. The molecule has 20 heavy (non-hydrogen) atoms. The lowest BCUT2D eigenvalue weighted by Gasteiger charge is -2.21. The van der Waals surface area contributed by atoms with Crippen LogP contribution >= 0.6 is 0 Å². The van der Waals surface area contributed by atoms with E-state index in [1.54, 1.807) is 13.1 Å². The molecule has 3 nitrogen and oxygen atoms in total. The monoisotopic (exact) mass is 286 g/mol. The largest absolute Gasteiger partial charge is 0.416 e. The van der Waals surface area contributed by atoms with Crippen molar-refractivity contribution >= 4 is 5.91 Å². The second kappa shape index (κ2) is 5.83. The molecule has 0 aromatic heterocycles. The molecule has 1 amide bonds. The van der Waals surface area contributed by atoms with Crippen LogP contribution in [-0.4, -0.2) is 30.9 Å². The smallest absolute Gasteiger partial charge is 0.341 e. The fourth-order valence-electron chi connectivity index (χ4n) is 2.37. The van der Waals surface area contributed by atoms with Gasteiger partial charge in [-0.1, -0.05) is 12.1 Å². The summed E-state index contributed by atoms with van der Waals surface area (Å²) in [5.74, 6) is -0.0850. The summed E-state index contributed by atoms with van der Waals surface area (Å²) in [5.41, 5.74) is -0.194. The van der Waals surface area contributed by atoms with E-state index in [2.05, 4.69) is 5.32 Å². The van der Waals surface area contributed by atoms with E-state index in [-0.39, 0.29) is 18.4 Å². The van der Waals surface area contributed by atoms with Crippen molar-refractivity contribution in [2.75, 3.05) is 20.1 Å². The van der Waals surface area contributed by atoms with Crippen LogP contribution in [0.5, 0.6) is 0 Å². The molecule has 2 rings (SSSR count). The highest BCUT2D eigenvalue weighted by molar-refractivity contribution is 5.79. The maximum absolute atomic E-state index is 12.6. The van der Waals surface area contributed by atoms with E-state index in [0.717, 1.165) is 25.1 Å². The number of carbonyl (C=O) groups excluding carboxylic acids is 1. The Hall–Kier alpha value is -1.56. The molecular weight excluding hydrogens is 269 g/mol. The summed E-state index contributed by atoms with van der Waals surface area (Å²) in [6, 6.07) is 5.10. The Morgan fingerprint density at radius 1 is 1.45 bits per heavy atom. The zero-order valence-electron chi connectivity index (χ0n) is 11.2. The van der Waals surface area contributed by atoms with Gasteiger partial charge in [-0.15, -0.1) is 0 Å². The molecule has 1 aromatic rings. The van der Waals surface area contributed by atoms with Gasteiger partial charge in [0.2, 0.25) is 5.91 Å². The number of alkyl halides is 3. The summed E-state index contributed by atoms with van der Waals surface area (Å²) in [5, 5.41) is 3.10. The van der Waals surface area contributed by atoms with Crippen molar-refractivity contribution in [1.82, 2.24) is 10.2 Å². The maximum atomic E-state index is 12.6. The molecule has 1 aromatic carbocycles. The summed E-state index contributed by atoms with van der Waals surface area (Å²) in [4.78, 5) is 13.6. The molecule has 1 saturated heterocycles. The van der Waals surface area contributed by atoms with Gasteiger partial charge in [0.05, 0.1) is 11.5 Å². The van der Waals surface area contributed by atoms with Crippen LogP contribution in [0.3, 0.4) is 0 Å². The Balaban J connectivity index is 2.04. The molecule has 1 atom stereocenters. The van der Waals surface area contributed by atoms with Crippen LogP contribution in [-0.2, 0) is 17.5 Å². The van der Waals surface area contributed by atoms with Gasteiger partial charge in [-0.3, -0.25) is 4.79 Å². The van der Waals surface area contributed by atoms with Crippen molar-refractivity contribution < 1.29 is 18.0 Å². The van der Waals surface area contributed by atoms with Gasteiger partial charge in [0.25, 0.3) is 0 Å². The second-order valence-electron chi connectivity index (χ2n) is 5.08. The van der Waals surface area contributed by atoms with Crippen molar-refractivity contribution in [3.05, 3.63) is 35.4 Å². The summed E-state index contributed by atoms with van der Waals surface area (Å²) < 4.78 is 37.9.